The molecule has 4 rings (SSSR count). The van der Waals surface area contributed by atoms with Crippen LogP contribution in [-0.4, -0.2) is 27.0 Å². The maximum absolute atomic E-state index is 12.8. The summed E-state index contributed by atoms with van der Waals surface area (Å²) in [6.45, 7) is 1.73. The van der Waals surface area contributed by atoms with E-state index in [2.05, 4.69) is 10.6 Å². The predicted octanol–water partition coefficient (Wildman–Crippen LogP) is 5.43. The van der Waals surface area contributed by atoms with Crippen molar-refractivity contribution >= 4 is 44.3 Å². The minimum absolute atomic E-state index is 0.0816. The van der Waals surface area contributed by atoms with Gasteiger partial charge < -0.3 is 19.6 Å². The molecule has 0 heterocycles. The van der Waals surface area contributed by atoms with Crippen LogP contribution < -0.4 is 14.8 Å². The first-order valence-corrected chi connectivity index (χ1v) is 12.1. The van der Waals surface area contributed by atoms with Crippen molar-refractivity contribution in [3.8, 4) is 5.75 Å². The van der Waals surface area contributed by atoms with Crippen LogP contribution in [0.15, 0.2) is 95.9 Å². The van der Waals surface area contributed by atoms with E-state index in [1.54, 1.807) is 31.2 Å². The number of carbonyl (C=O) groups is 2. The summed E-state index contributed by atoms with van der Waals surface area (Å²) < 4.78 is 35.8. The van der Waals surface area contributed by atoms with Crippen molar-refractivity contribution < 1.29 is 26.9 Å². The van der Waals surface area contributed by atoms with E-state index < -0.39 is 22.1 Å². The third kappa shape index (κ3) is 5.59. The molecule has 0 aliphatic heterocycles. The fraction of sp³-hybridized carbons (Fsp3) is 0.0769. The Hall–Kier alpha value is -4.37. The van der Waals surface area contributed by atoms with E-state index in [1.807, 2.05) is 36.4 Å². The molecule has 0 bridgehead atoms. The molecule has 35 heavy (non-hydrogen) atoms. The van der Waals surface area contributed by atoms with Gasteiger partial charge >= 0.3 is 22.1 Å². The molecule has 2 amide bonds. The van der Waals surface area contributed by atoms with E-state index >= 15 is 0 Å². The van der Waals surface area contributed by atoms with E-state index in [9.17, 15) is 18.0 Å². The van der Waals surface area contributed by atoms with Crippen molar-refractivity contribution in [1.29, 1.82) is 0 Å². The monoisotopic (exact) mass is 490 g/mol. The van der Waals surface area contributed by atoms with Crippen molar-refractivity contribution in [2.24, 2.45) is 0 Å². The molecular formula is C26H22N2O6S. The molecule has 2 N–H and O–H groups in total. The van der Waals surface area contributed by atoms with Crippen LogP contribution >= 0.6 is 0 Å². The summed E-state index contributed by atoms with van der Waals surface area (Å²) in [5, 5.41) is 7.25. The van der Waals surface area contributed by atoms with E-state index in [0.29, 0.717) is 5.69 Å². The summed E-state index contributed by atoms with van der Waals surface area (Å²) in [4.78, 5) is 25.0. The lowest BCUT2D eigenvalue weighted by Gasteiger charge is -2.14. The lowest BCUT2D eigenvalue weighted by atomic mass is 10.1. The minimum Gasteiger partial charge on any atom is -0.462 e. The van der Waals surface area contributed by atoms with Gasteiger partial charge in [-0.15, -0.1) is 0 Å². The second-order valence-electron chi connectivity index (χ2n) is 7.39. The zero-order valence-corrected chi connectivity index (χ0v) is 19.5. The van der Waals surface area contributed by atoms with E-state index in [1.165, 1.54) is 30.3 Å². The SMILES string of the molecule is CCOC(=O)c1ccc(NC(=O)Nc2cccc3ccccc23)cc1OS(=O)(=O)c1ccccc1. The van der Waals surface area contributed by atoms with Crippen LogP contribution in [0.25, 0.3) is 10.8 Å². The highest BCUT2D eigenvalue weighted by Crippen LogP contribution is 2.28. The summed E-state index contributed by atoms with van der Waals surface area (Å²) >= 11 is 0. The van der Waals surface area contributed by atoms with Crippen molar-refractivity contribution in [1.82, 2.24) is 0 Å². The number of hydrogen-bond acceptors (Lipinski definition) is 6. The van der Waals surface area contributed by atoms with Crippen LogP contribution in [0.5, 0.6) is 5.75 Å². The Morgan fingerprint density at radius 1 is 0.829 bits per heavy atom. The number of ether oxygens (including phenoxy) is 1. The Morgan fingerprint density at radius 2 is 1.54 bits per heavy atom. The van der Waals surface area contributed by atoms with Gasteiger partial charge in [0.05, 0.1) is 12.3 Å². The summed E-state index contributed by atoms with van der Waals surface area (Å²) in [7, 11) is -4.24. The van der Waals surface area contributed by atoms with Crippen LogP contribution in [0.4, 0.5) is 16.2 Å². The van der Waals surface area contributed by atoms with Gasteiger partial charge in [0, 0.05) is 17.1 Å². The molecule has 0 fully saturated rings. The van der Waals surface area contributed by atoms with Crippen molar-refractivity contribution in [3.63, 3.8) is 0 Å². The molecule has 0 saturated heterocycles. The fourth-order valence-electron chi connectivity index (χ4n) is 3.42. The molecule has 0 saturated carbocycles. The number of carbonyl (C=O) groups excluding carboxylic acids is 2. The Bertz CT molecular complexity index is 1480. The first-order chi connectivity index (χ1) is 16.9. The summed E-state index contributed by atoms with van der Waals surface area (Å²) in [5.41, 5.74) is 0.729. The molecule has 0 aromatic heterocycles. The highest BCUT2D eigenvalue weighted by Gasteiger charge is 2.22. The molecule has 0 aliphatic rings. The van der Waals surface area contributed by atoms with Gasteiger partial charge in [-0.05, 0) is 42.6 Å². The molecule has 0 spiro atoms. The lowest BCUT2D eigenvalue weighted by molar-refractivity contribution is 0.0524. The number of rotatable bonds is 7. The lowest BCUT2D eigenvalue weighted by Crippen LogP contribution is -2.20. The normalized spacial score (nSPS) is 11.0. The Kier molecular flexibility index (Phi) is 6.98. The van der Waals surface area contributed by atoms with Gasteiger partial charge in [0.25, 0.3) is 0 Å². The molecule has 4 aromatic carbocycles. The topological polar surface area (TPSA) is 111 Å². The summed E-state index contributed by atoms with van der Waals surface area (Å²) in [5.74, 6) is -1.02. The molecule has 0 unspecified atom stereocenters. The Labute approximate surface area is 202 Å². The fourth-order valence-corrected chi connectivity index (χ4v) is 4.38. The average molecular weight is 491 g/mol. The zero-order chi connectivity index (χ0) is 24.8. The number of urea groups is 1. The Morgan fingerprint density at radius 3 is 2.31 bits per heavy atom. The van der Waals surface area contributed by atoms with Crippen LogP contribution in [0, 0.1) is 0 Å². The number of hydrogen-bond donors (Lipinski definition) is 2. The number of amides is 2. The zero-order valence-electron chi connectivity index (χ0n) is 18.7. The highest BCUT2D eigenvalue weighted by molar-refractivity contribution is 7.87. The van der Waals surface area contributed by atoms with Gasteiger partial charge in [-0.3, -0.25) is 0 Å². The second-order valence-corrected chi connectivity index (χ2v) is 8.93. The third-order valence-electron chi connectivity index (χ3n) is 5.00. The van der Waals surface area contributed by atoms with Gasteiger partial charge in [0.1, 0.15) is 10.5 Å². The number of nitrogens with one attached hydrogen (secondary N) is 2. The molecule has 4 aromatic rings. The quantitative estimate of drug-likeness (QED) is 0.264. The van der Waals surface area contributed by atoms with Gasteiger partial charge in [-0.25, -0.2) is 9.59 Å². The maximum Gasteiger partial charge on any atom is 0.341 e. The minimum atomic E-state index is -4.24. The van der Waals surface area contributed by atoms with E-state index in [4.69, 9.17) is 8.92 Å². The smallest absolute Gasteiger partial charge is 0.341 e. The van der Waals surface area contributed by atoms with Crippen LogP contribution in [0.3, 0.4) is 0 Å². The predicted molar refractivity (Wildman–Crippen MR) is 133 cm³/mol. The van der Waals surface area contributed by atoms with Crippen LogP contribution in [0.2, 0.25) is 0 Å². The Balaban J connectivity index is 1.60. The first kappa shape index (κ1) is 23.8. The number of benzene rings is 4. The number of esters is 1. The van der Waals surface area contributed by atoms with Gasteiger partial charge in [0.2, 0.25) is 0 Å². The molecule has 8 nitrogen and oxygen atoms in total. The maximum atomic E-state index is 12.8. The molecular weight excluding hydrogens is 468 g/mol. The van der Waals surface area contributed by atoms with Crippen LogP contribution in [-0.2, 0) is 14.9 Å². The molecule has 0 radical (unpaired) electrons. The van der Waals surface area contributed by atoms with Crippen molar-refractivity contribution in [2.45, 2.75) is 11.8 Å². The van der Waals surface area contributed by atoms with Gasteiger partial charge in [-0.2, -0.15) is 8.42 Å². The average Bonchev–Trinajstić information content (AvgIpc) is 2.85. The van der Waals surface area contributed by atoms with Crippen molar-refractivity contribution in [3.05, 3.63) is 96.6 Å². The van der Waals surface area contributed by atoms with E-state index in [0.717, 1.165) is 10.8 Å². The van der Waals surface area contributed by atoms with Gasteiger partial charge in [0.15, 0.2) is 5.75 Å². The standard InChI is InChI=1S/C26H22N2O6S/c1-2-33-25(29)22-16-15-19(17-24(22)34-35(31,32)20-11-4-3-5-12-20)27-26(30)28-23-14-8-10-18-9-6-7-13-21(18)23/h3-17H,2H2,1H3,(H2,27,28,30). The summed E-state index contributed by atoms with van der Waals surface area (Å²) in [6, 6.07) is 24.1. The summed E-state index contributed by atoms with van der Waals surface area (Å²) in [6.07, 6.45) is 0. The van der Waals surface area contributed by atoms with E-state index in [-0.39, 0.29) is 28.5 Å². The first-order valence-electron chi connectivity index (χ1n) is 10.7. The van der Waals surface area contributed by atoms with Crippen LogP contribution in [0.1, 0.15) is 17.3 Å². The molecule has 178 valence electrons. The molecule has 0 atom stereocenters. The highest BCUT2D eigenvalue weighted by atomic mass is 32.2. The second kappa shape index (κ2) is 10.3. The molecule has 0 aliphatic carbocycles. The molecule has 9 heteroatoms. The van der Waals surface area contributed by atoms with Gasteiger partial charge in [-0.1, -0.05) is 54.6 Å². The third-order valence-corrected chi connectivity index (χ3v) is 6.25. The number of fused-ring (bicyclic) bond motifs is 1. The largest absolute Gasteiger partial charge is 0.462 e. The van der Waals surface area contributed by atoms with Crippen molar-refractivity contribution in [2.75, 3.05) is 17.2 Å². The number of anilines is 2.